The first-order valence-corrected chi connectivity index (χ1v) is 10.1. The smallest absolute Gasteiger partial charge is 0.359 e. The van der Waals surface area contributed by atoms with Crippen LogP contribution in [0.5, 0.6) is 11.6 Å². The monoisotopic (exact) mass is 389 g/mol. The van der Waals surface area contributed by atoms with E-state index in [4.69, 9.17) is 9.84 Å². The zero-order chi connectivity index (χ0) is 19.4. The first-order valence-electron chi connectivity index (χ1n) is 8.56. The van der Waals surface area contributed by atoms with Crippen molar-refractivity contribution in [3.63, 3.8) is 0 Å². The van der Waals surface area contributed by atoms with Crippen molar-refractivity contribution in [1.29, 1.82) is 0 Å². The molecule has 1 aliphatic carbocycles. The Kier molecular flexibility index (Phi) is 5.46. The number of aromatic amines is 1. The molecular weight excluding hydrogens is 370 g/mol. The number of hydrogen-bond acceptors (Lipinski definition) is 6. The average Bonchev–Trinajstić information content (AvgIpc) is 3.11. The molecule has 142 valence electrons. The number of hydrogen-bond donors (Lipinski definition) is 2. The number of ether oxygens (including phenoxy) is 1. The van der Waals surface area contributed by atoms with E-state index in [2.05, 4.69) is 26.6 Å². The van der Waals surface area contributed by atoms with Crippen LogP contribution in [0.1, 0.15) is 53.7 Å². The van der Waals surface area contributed by atoms with E-state index in [1.54, 1.807) is 25.1 Å². The molecule has 1 aliphatic rings. The van der Waals surface area contributed by atoms with Gasteiger partial charge in [0, 0.05) is 10.8 Å². The molecule has 1 aromatic heterocycles. The van der Waals surface area contributed by atoms with Gasteiger partial charge in [0.15, 0.2) is 0 Å². The number of carboxylic acid groups (broad SMARTS) is 1. The molecule has 2 N–H and O–H groups in total. The summed E-state index contributed by atoms with van der Waals surface area (Å²) in [4.78, 5) is 11.1. The largest absolute Gasteiger partial charge is 0.476 e. The maximum Gasteiger partial charge on any atom is 0.359 e. The van der Waals surface area contributed by atoms with Crippen LogP contribution in [0, 0.1) is 18.1 Å². The molecule has 1 heterocycles. The van der Waals surface area contributed by atoms with E-state index in [-0.39, 0.29) is 16.8 Å². The quantitative estimate of drug-likeness (QED) is 0.771. The summed E-state index contributed by atoms with van der Waals surface area (Å²) in [5.41, 5.74) is 0.950. The topological polar surface area (TPSA) is 122 Å². The van der Waals surface area contributed by atoms with Gasteiger partial charge in [-0.3, -0.25) is 0 Å². The standard InChI is InChI=1S/C18H19N3O5S/c1-12-11-13(9-10-27(24,25)14-5-3-2-4-6-14)7-8-15(12)26-17-16(18(22)23)19-21-20-17/h7-8,11,14H,2-6H2,1H3,(H,22,23)(H,19,20,21). The minimum absolute atomic E-state index is 0.149. The molecule has 1 saturated carbocycles. The van der Waals surface area contributed by atoms with Crippen LogP contribution in [0.4, 0.5) is 0 Å². The molecule has 0 atom stereocenters. The van der Waals surface area contributed by atoms with Crippen molar-refractivity contribution in [1.82, 2.24) is 15.4 Å². The Morgan fingerprint density at radius 2 is 2.04 bits per heavy atom. The lowest BCUT2D eigenvalue weighted by atomic mass is 10.0. The number of H-pyrrole nitrogens is 1. The van der Waals surface area contributed by atoms with E-state index in [9.17, 15) is 13.2 Å². The Morgan fingerprint density at radius 3 is 2.70 bits per heavy atom. The molecule has 0 saturated heterocycles. The predicted molar refractivity (Wildman–Crippen MR) is 97.3 cm³/mol. The number of rotatable bonds is 4. The third kappa shape index (κ3) is 4.46. The predicted octanol–water partition coefficient (Wildman–Crippen LogP) is 2.66. The normalized spacial score (nSPS) is 15.0. The van der Waals surface area contributed by atoms with Crippen LogP contribution in [-0.2, 0) is 9.84 Å². The van der Waals surface area contributed by atoms with Gasteiger partial charge in [0.1, 0.15) is 5.75 Å². The number of sulfone groups is 1. The zero-order valence-electron chi connectivity index (χ0n) is 14.7. The van der Waals surface area contributed by atoms with Crippen LogP contribution in [-0.4, -0.2) is 40.2 Å². The summed E-state index contributed by atoms with van der Waals surface area (Å²) in [6.07, 6.45) is 4.28. The van der Waals surface area contributed by atoms with Crippen molar-refractivity contribution in [3.05, 3.63) is 35.0 Å². The van der Waals surface area contributed by atoms with Crippen molar-refractivity contribution >= 4 is 15.8 Å². The van der Waals surface area contributed by atoms with Crippen molar-refractivity contribution in [3.8, 4) is 22.8 Å². The fraction of sp³-hybridized carbons (Fsp3) is 0.389. The summed E-state index contributed by atoms with van der Waals surface area (Å²) in [7, 11) is -3.44. The molecule has 0 amide bonds. The van der Waals surface area contributed by atoms with E-state index in [1.807, 2.05) is 0 Å². The average molecular weight is 389 g/mol. The molecule has 1 aromatic carbocycles. The summed E-state index contributed by atoms with van der Waals surface area (Å²) in [5.74, 6) is 1.72. The Balaban J connectivity index is 1.77. The maximum absolute atomic E-state index is 12.4. The fourth-order valence-electron chi connectivity index (χ4n) is 2.96. The molecule has 0 spiro atoms. The van der Waals surface area contributed by atoms with Crippen molar-refractivity contribution in [2.45, 2.75) is 44.3 Å². The van der Waals surface area contributed by atoms with Gasteiger partial charge in [-0.25, -0.2) is 18.3 Å². The molecule has 0 unspecified atom stereocenters. The number of aromatic carboxylic acids is 1. The Morgan fingerprint density at radius 1 is 1.30 bits per heavy atom. The molecule has 0 radical (unpaired) electrons. The van der Waals surface area contributed by atoms with Crippen LogP contribution in [0.3, 0.4) is 0 Å². The molecule has 2 aromatic rings. The van der Waals surface area contributed by atoms with Gasteiger partial charge in [-0.05, 0) is 49.4 Å². The second-order valence-electron chi connectivity index (χ2n) is 6.41. The van der Waals surface area contributed by atoms with E-state index in [0.29, 0.717) is 29.7 Å². The third-order valence-corrected chi connectivity index (χ3v) is 6.18. The molecule has 3 rings (SSSR count). The lowest BCUT2D eigenvalue weighted by Gasteiger charge is -2.18. The number of aryl methyl sites for hydroxylation is 1. The second-order valence-corrected chi connectivity index (χ2v) is 8.37. The van der Waals surface area contributed by atoms with E-state index < -0.39 is 15.8 Å². The van der Waals surface area contributed by atoms with Gasteiger partial charge >= 0.3 is 5.97 Å². The van der Waals surface area contributed by atoms with Gasteiger partial charge in [0.05, 0.1) is 5.25 Å². The minimum atomic E-state index is -3.44. The molecule has 27 heavy (non-hydrogen) atoms. The van der Waals surface area contributed by atoms with Crippen LogP contribution in [0.2, 0.25) is 0 Å². The maximum atomic E-state index is 12.4. The molecular formula is C18H19N3O5S. The number of carbonyl (C=O) groups is 1. The number of nitrogens with one attached hydrogen (secondary N) is 1. The summed E-state index contributed by atoms with van der Waals surface area (Å²) in [6.45, 7) is 1.75. The summed E-state index contributed by atoms with van der Waals surface area (Å²) in [6, 6.07) is 4.89. The summed E-state index contributed by atoms with van der Waals surface area (Å²) >= 11 is 0. The number of nitrogens with zero attached hydrogens (tertiary/aromatic N) is 2. The first kappa shape index (κ1) is 18.9. The van der Waals surface area contributed by atoms with Crippen LogP contribution < -0.4 is 4.74 Å². The van der Waals surface area contributed by atoms with Crippen LogP contribution >= 0.6 is 0 Å². The fourth-order valence-corrected chi connectivity index (χ4v) is 4.34. The highest BCUT2D eigenvalue weighted by Crippen LogP contribution is 2.26. The highest BCUT2D eigenvalue weighted by atomic mass is 32.2. The van der Waals surface area contributed by atoms with Crippen LogP contribution in [0.15, 0.2) is 18.2 Å². The molecule has 9 heteroatoms. The highest BCUT2D eigenvalue weighted by molar-refractivity contribution is 7.96. The van der Waals surface area contributed by atoms with E-state index in [0.717, 1.165) is 19.3 Å². The van der Waals surface area contributed by atoms with Gasteiger partial charge in [-0.2, -0.15) is 0 Å². The molecule has 0 aliphatic heterocycles. The molecule has 8 nitrogen and oxygen atoms in total. The third-order valence-electron chi connectivity index (χ3n) is 4.44. The summed E-state index contributed by atoms with van der Waals surface area (Å²) < 4.78 is 30.2. The lowest BCUT2D eigenvalue weighted by molar-refractivity contribution is 0.0687. The number of aromatic nitrogens is 3. The lowest BCUT2D eigenvalue weighted by Crippen LogP contribution is -2.22. The summed E-state index contributed by atoms with van der Waals surface area (Å²) in [5, 5.41) is 20.4. The highest BCUT2D eigenvalue weighted by Gasteiger charge is 2.25. The second kappa shape index (κ2) is 7.80. The number of benzene rings is 1. The van der Waals surface area contributed by atoms with E-state index >= 15 is 0 Å². The van der Waals surface area contributed by atoms with Crippen molar-refractivity contribution in [2.75, 3.05) is 0 Å². The van der Waals surface area contributed by atoms with Gasteiger partial charge in [-0.15, -0.1) is 0 Å². The number of carboxylic acids is 1. The van der Waals surface area contributed by atoms with Crippen molar-refractivity contribution < 1.29 is 23.1 Å². The van der Waals surface area contributed by atoms with Crippen LogP contribution in [0.25, 0.3) is 0 Å². The zero-order valence-corrected chi connectivity index (χ0v) is 15.5. The van der Waals surface area contributed by atoms with Gasteiger partial charge < -0.3 is 9.84 Å². The Hall–Kier alpha value is -2.86. The van der Waals surface area contributed by atoms with Gasteiger partial charge in [0.2, 0.25) is 15.5 Å². The van der Waals surface area contributed by atoms with Gasteiger partial charge in [-0.1, -0.05) is 29.6 Å². The molecule has 1 fully saturated rings. The Labute approximate surface area is 156 Å². The first-order chi connectivity index (χ1) is 12.9. The Bertz CT molecular complexity index is 1010. The SMILES string of the molecule is Cc1cc(C#CS(=O)(=O)C2CCCCC2)ccc1Oc1nn[nH]c1C(=O)O. The minimum Gasteiger partial charge on any atom is -0.476 e. The van der Waals surface area contributed by atoms with Crippen molar-refractivity contribution in [2.24, 2.45) is 0 Å². The molecule has 0 bridgehead atoms. The van der Waals surface area contributed by atoms with Gasteiger partial charge in [0.25, 0.3) is 5.88 Å². The van der Waals surface area contributed by atoms with E-state index in [1.165, 1.54) is 0 Å².